The van der Waals surface area contributed by atoms with Crippen molar-refractivity contribution in [2.24, 2.45) is 5.41 Å². The van der Waals surface area contributed by atoms with E-state index < -0.39 is 10.0 Å². The third-order valence-corrected chi connectivity index (χ3v) is 5.48. The molecule has 1 aromatic carbocycles. The van der Waals surface area contributed by atoms with E-state index in [9.17, 15) is 8.42 Å². The van der Waals surface area contributed by atoms with Crippen molar-refractivity contribution in [1.29, 1.82) is 0 Å². The predicted octanol–water partition coefficient (Wildman–Crippen LogP) is 2.53. The molecule has 0 aromatic heterocycles. The van der Waals surface area contributed by atoms with Gasteiger partial charge in [0.1, 0.15) is 10.6 Å². The highest BCUT2D eigenvalue weighted by molar-refractivity contribution is 7.89. The van der Waals surface area contributed by atoms with E-state index in [0.29, 0.717) is 24.6 Å². The second kappa shape index (κ2) is 6.23. The van der Waals surface area contributed by atoms with Gasteiger partial charge in [-0.15, -0.1) is 0 Å². The molecule has 1 saturated carbocycles. The quantitative estimate of drug-likeness (QED) is 0.791. The summed E-state index contributed by atoms with van der Waals surface area (Å²) < 4.78 is 33.2. The molecule has 0 amide bonds. The first-order valence-electron chi connectivity index (χ1n) is 7.38. The lowest BCUT2D eigenvalue weighted by Gasteiger charge is -2.24. The maximum absolute atomic E-state index is 12.5. The molecule has 0 spiro atoms. The van der Waals surface area contributed by atoms with Crippen LogP contribution in [0.15, 0.2) is 23.1 Å². The lowest BCUT2D eigenvalue weighted by atomic mass is 9.89. The molecular formula is C15H24N2O3S. The zero-order valence-corrected chi connectivity index (χ0v) is 13.5. The van der Waals surface area contributed by atoms with E-state index in [-0.39, 0.29) is 10.3 Å². The van der Waals surface area contributed by atoms with Gasteiger partial charge in [0, 0.05) is 12.2 Å². The number of ether oxygens (including phenoxy) is 1. The van der Waals surface area contributed by atoms with Gasteiger partial charge in [0.2, 0.25) is 10.0 Å². The van der Waals surface area contributed by atoms with Crippen LogP contribution in [0.2, 0.25) is 0 Å². The number of nitrogens with two attached hydrogens (primary N) is 1. The van der Waals surface area contributed by atoms with Gasteiger partial charge in [0.15, 0.2) is 0 Å². The largest absolute Gasteiger partial charge is 0.492 e. The highest BCUT2D eigenvalue weighted by Gasteiger charge is 2.31. The van der Waals surface area contributed by atoms with Crippen LogP contribution in [0.3, 0.4) is 0 Å². The molecule has 1 fully saturated rings. The zero-order valence-electron chi connectivity index (χ0n) is 12.7. The van der Waals surface area contributed by atoms with Gasteiger partial charge in [-0.3, -0.25) is 0 Å². The molecule has 5 nitrogen and oxygen atoms in total. The van der Waals surface area contributed by atoms with Gasteiger partial charge in [0.05, 0.1) is 6.61 Å². The van der Waals surface area contributed by atoms with Crippen molar-refractivity contribution in [3.63, 3.8) is 0 Å². The van der Waals surface area contributed by atoms with Crippen LogP contribution in [0.25, 0.3) is 0 Å². The Balaban J connectivity index is 2.20. The fraction of sp³-hybridized carbons (Fsp3) is 0.600. The first kappa shape index (κ1) is 16.1. The Morgan fingerprint density at radius 1 is 1.33 bits per heavy atom. The minimum absolute atomic E-state index is 0.0547. The van der Waals surface area contributed by atoms with Crippen molar-refractivity contribution in [1.82, 2.24) is 4.72 Å². The number of hydrogen-bond donors (Lipinski definition) is 2. The number of sulfonamides is 1. The molecule has 0 heterocycles. The van der Waals surface area contributed by atoms with Crippen LogP contribution >= 0.6 is 0 Å². The Morgan fingerprint density at radius 2 is 2.00 bits per heavy atom. The van der Waals surface area contributed by atoms with Gasteiger partial charge in [-0.25, -0.2) is 13.1 Å². The van der Waals surface area contributed by atoms with Crippen LogP contribution < -0.4 is 15.2 Å². The molecule has 0 unspecified atom stereocenters. The van der Waals surface area contributed by atoms with Crippen molar-refractivity contribution in [3.8, 4) is 5.75 Å². The van der Waals surface area contributed by atoms with Gasteiger partial charge >= 0.3 is 0 Å². The van der Waals surface area contributed by atoms with Crippen molar-refractivity contribution in [2.45, 2.75) is 44.4 Å². The first-order valence-corrected chi connectivity index (χ1v) is 8.87. The molecular weight excluding hydrogens is 288 g/mol. The topological polar surface area (TPSA) is 81.4 Å². The van der Waals surface area contributed by atoms with Gasteiger partial charge < -0.3 is 10.5 Å². The lowest BCUT2D eigenvalue weighted by molar-refractivity contribution is 0.327. The molecule has 1 aliphatic rings. The van der Waals surface area contributed by atoms with Crippen molar-refractivity contribution >= 4 is 15.7 Å². The average Bonchev–Trinajstić information content (AvgIpc) is 2.87. The van der Waals surface area contributed by atoms with E-state index >= 15 is 0 Å². The fourth-order valence-corrected chi connectivity index (χ4v) is 4.14. The minimum atomic E-state index is -3.62. The van der Waals surface area contributed by atoms with Gasteiger partial charge in [0.25, 0.3) is 0 Å². The second-order valence-electron chi connectivity index (χ2n) is 5.98. The summed E-state index contributed by atoms with van der Waals surface area (Å²) in [5.74, 6) is 0.343. The van der Waals surface area contributed by atoms with Crippen molar-refractivity contribution in [2.75, 3.05) is 18.9 Å². The van der Waals surface area contributed by atoms with Gasteiger partial charge in [-0.05, 0) is 43.4 Å². The number of nitrogen functional groups attached to an aromatic ring is 1. The zero-order chi connectivity index (χ0) is 15.5. The molecule has 0 radical (unpaired) electrons. The van der Waals surface area contributed by atoms with Crippen LogP contribution in [0.5, 0.6) is 5.75 Å². The van der Waals surface area contributed by atoms with Crippen molar-refractivity contribution < 1.29 is 13.2 Å². The predicted molar refractivity (Wildman–Crippen MR) is 83.8 cm³/mol. The molecule has 0 aliphatic heterocycles. The summed E-state index contributed by atoms with van der Waals surface area (Å²) in [6.45, 7) is 4.81. The third kappa shape index (κ3) is 3.89. The summed E-state index contributed by atoms with van der Waals surface area (Å²) >= 11 is 0. The normalized spacial score (nSPS) is 17.8. The molecule has 2 rings (SSSR count). The van der Waals surface area contributed by atoms with Crippen LogP contribution in [0.4, 0.5) is 5.69 Å². The van der Waals surface area contributed by atoms with Crippen LogP contribution in [0, 0.1) is 5.41 Å². The molecule has 0 bridgehead atoms. The molecule has 0 atom stereocenters. The minimum Gasteiger partial charge on any atom is -0.492 e. The van der Waals surface area contributed by atoms with E-state index in [4.69, 9.17) is 10.5 Å². The van der Waals surface area contributed by atoms with E-state index in [1.165, 1.54) is 18.9 Å². The standard InChI is InChI=1S/C15H24N2O3S/c1-3-20-13-7-6-12(16)10-14(13)21(18,19)17-11-15(2)8-4-5-9-15/h6-7,10,17H,3-5,8-9,11,16H2,1-2H3. The Morgan fingerprint density at radius 3 is 2.62 bits per heavy atom. The summed E-state index contributed by atoms with van der Waals surface area (Å²) in [5, 5.41) is 0. The molecule has 0 saturated heterocycles. The number of hydrogen-bond acceptors (Lipinski definition) is 4. The Bertz CT molecular complexity index is 593. The smallest absolute Gasteiger partial charge is 0.244 e. The van der Waals surface area contributed by atoms with E-state index in [0.717, 1.165) is 12.8 Å². The van der Waals surface area contributed by atoms with E-state index in [2.05, 4.69) is 11.6 Å². The second-order valence-corrected chi connectivity index (χ2v) is 7.72. The Hall–Kier alpha value is -1.27. The highest BCUT2D eigenvalue weighted by Crippen LogP contribution is 2.37. The van der Waals surface area contributed by atoms with Crippen LogP contribution in [-0.2, 0) is 10.0 Å². The summed E-state index contributed by atoms with van der Waals surface area (Å²) in [6.07, 6.45) is 4.46. The average molecular weight is 312 g/mol. The number of benzene rings is 1. The maximum Gasteiger partial charge on any atom is 0.244 e. The molecule has 1 aliphatic carbocycles. The van der Waals surface area contributed by atoms with Crippen LogP contribution in [-0.4, -0.2) is 21.6 Å². The summed E-state index contributed by atoms with van der Waals surface area (Å²) in [4.78, 5) is 0.117. The lowest BCUT2D eigenvalue weighted by Crippen LogP contribution is -2.34. The highest BCUT2D eigenvalue weighted by atomic mass is 32.2. The Labute approximate surface area is 126 Å². The monoisotopic (exact) mass is 312 g/mol. The molecule has 118 valence electrons. The molecule has 1 aromatic rings. The van der Waals surface area contributed by atoms with E-state index in [1.807, 2.05) is 6.92 Å². The molecule has 3 N–H and O–H groups in total. The summed E-state index contributed by atoms with van der Waals surface area (Å²) in [5.41, 5.74) is 6.18. The number of anilines is 1. The Kier molecular flexibility index (Phi) is 4.78. The van der Waals surface area contributed by atoms with Crippen LogP contribution in [0.1, 0.15) is 39.5 Å². The summed E-state index contributed by atoms with van der Waals surface area (Å²) in [7, 11) is -3.62. The molecule has 6 heteroatoms. The van der Waals surface area contributed by atoms with Gasteiger partial charge in [-0.2, -0.15) is 0 Å². The molecule has 21 heavy (non-hydrogen) atoms. The summed E-state index contributed by atoms with van der Waals surface area (Å²) in [6, 6.07) is 4.69. The number of rotatable bonds is 6. The number of nitrogens with one attached hydrogen (secondary N) is 1. The SMILES string of the molecule is CCOc1ccc(N)cc1S(=O)(=O)NCC1(C)CCCC1. The van der Waals surface area contributed by atoms with E-state index in [1.54, 1.807) is 12.1 Å². The first-order chi connectivity index (χ1) is 9.86. The van der Waals surface area contributed by atoms with Gasteiger partial charge in [-0.1, -0.05) is 19.8 Å². The maximum atomic E-state index is 12.5. The fourth-order valence-electron chi connectivity index (χ4n) is 2.76. The third-order valence-electron chi connectivity index (χ3n) is 4.06. The van der Waals surface area contributed by atoms with Crippen molar-refractivity contribution in [3.05, 3.63) is 18.2 Å².